The summed E-state index contributed by atoms with van der Waals surface area (Å²) in [6, 6.07) is -0.0297. The number of aliphatic carboxylic acids is 1. The van der Waals surface area contributed by atoms with Crippen LogP contribution in [0.15, 0.2) is 6.07 Å². The van der Waals surface area contributed by atoms with Gasteiger partial charge in [-0.3, -0.25) is 14.3 Å². The third kappa shape index (κ3) is 3.99. The first-order valence-corrected chi connectivity index (χ1v) is 6.83. The van der Waals surface area contributed by atoms with Crippen LogP contribution in [-0.2, 0) is 29.2 Å². The van der Waals surface area contributed by atoms with Gasteiger partial charge in [-0.1, -0.05) is 0 Å². The van der Waals surface area contributed by atoms with Gasteiger partial charge < -0.3 is 10.0 Å². The summed E-state index contributed by atoms with van der Waals surface area (Å²) in [5, 5.41) is 12.1. The van der Waals surface area contributed by atoms with Crippen LogP contribution in [0.2, 0.25) is 0 Å². The molecule has 0 spiro atoms. The molecule has 1 aliphatic rings. The highest BCUT2D eigenvalue weighted by Crippen LogP contribution is 2.29. The zero-order valence-corrected chi connectivity index (χ0v) is 12.2. The topological polar surface area (TPSA) is 75.4 Å². The van der Waals surface area contributed by atoms with E-state index in [1.807, 2.05) is 0 Å². The molecule has 2 heterocycles. The van der Waals surface area contributed by atoms with Gasteiger partial charge in [0.05, 0.1) is 19.4 Å². The number of carboxylic acid groups (broad SMARTS) is 1. The lowest BCUT2D eigenvalue weighted by Crippen LogP contribution is -2.38. The lowest BCUT2D eigenvalue weighted by Gasteiger charge is -2.23. The van der Waals surface area contributed by atoms with Gasteiger partial charge >= 0.3 is 12.1 Å². The number of amides is 1. The van der Waals surface area contributed by atoms with Gasteiger partial charge in [-0.05, 0) is 6.07 Å². The van der Waals surface area contributed by atoms with Crippen molar-refractivity contribution in [1.82, 2.24) is 14.7 Å². The zero-order chi connectivity index (χ0) is 17.4. The predicted octanol–water partition coefficient (Wildman–Crippen LogP) is 1.40. The Morgan fingerprint density at radius 3 is 2.61 bits per heavy atom. The van der Waals surface area contributed by atoms with Gasteiger partial charge in [-0.25, -0.2) is 4.39 Å². The molecule has 2 rings (SSSR count). The molecule has 23 heavy (non-hydrogen) atoms. The van der Waals surface area contributed by atoms with Crippen molar-refractivity contribution in [3.63, 3.8) is 0 Å². The second-order valence-corrected chi connectivity index (χ2v) is 5.45. The van der Waals surface area contributed by atoms with Crippen LogP contribution in [0.4, 0.5) is 17.6 Å². The van der Waals surface area contributed by atoms with Crippen molar-refractivity contribution in [3.8, 4) is 0 Å². The lowest BCUT2D eigenvalue weighted by atomic mass is 10.1. The zero-order valence-electron chi connectivity index (χ0n) is 12.2. The monoisotopic (exact) mass is 337 g/mol. The Kier molecular flexibility index (Phi) is 4.62. The molecule has 1 aromatic rings. The molecule has 10 heteroatoms. The molecule has 1 amide bonds. The Balaban J connectivity index is 2.12. The number of hydrogen-bond acceptors (Lipinski definition) is 3. The van der Waals surface area contributed by atoms with Crippen LogP contribution in [0.3, 0.4) is 0 Å². The van der Waals surface area contributed by atoms with Crippen molar-refractivity contribution in [2.24, 2.45) is 7.05 Å². The van der Waals surface area contributed by atoms with E-state index in [0.717, 1.165) is 15.6 Å². The maximum atomic E-state index is 13.5. The number of rotatable bonds is 4. The number of nitrogens with zero attached hydrogens (tertiary/aromatic N) is 3. The van der Waals surface area contributed by atoms with Crippen LogP contribution in [0.1, 0.15) is 24.2 Å². The third-order valence-corrected chi connectivity index (χ3v) is 3.69. The highest BCUT2D eigenvalue weighted by atomic mass is 19.4. The first-order valence-electron chi connectivity index (χ1n) is 6.83. The summed E-state index contributed by atoms with van der Waals surface area (Å²) in [6.45, 7) is -0.249. The van der Waals surface area contributed by atoms with E-state index in [-0.39, 0.29) is 18.7 Å². The van der Waals surface area contributed by atoms with E-state index in [4.69, 9.17) is 5.11 Å². The maximum absolute atomic E-state index is 13.5. The van der Waals surface area contributed by atoms with E-state index in [9.17, 15) is 27.2 Å². The van der Waals surface area contributed by atoms with Gasteiger partial charge in [0.15, 0.2) is 5.69 Å². The normalized spacial score (nSPS) is 21.7. The Labute approximate surface area is 128 Å². The molecule has 0 unspecified atom stereocenters. The van der Waals surface area contributed by atoms with Crippen LogP contribution in [-0.4, -0.2) is 50.4 Å². The minimum absolute atomic E-state index is 0.0266. The van der Waals surface area contributed by atoms with Gasteiger partial charge in [0.2, 0.25) is 5.91 Å². The summed E-state index contributed by atoms with van der Waals surface area (Å²) in [6.07, 6.45) is -6.84. The van der Waals surface area contributed by atoms with Crippen molar-refractivity contribution in [2.75, 3.05) is 6.54 Å². The number of aromatic nitrogens is 2. The Bertz CT molecular complexity index is 614. The summed E-state index contributed by atoms with van der Waals surface area (Å²) in [5.41, 5.74) is -1.09. The minimum atomic E-state index is -4.62. The van der Waals surface area contributed by atoms with Gasteiger partial charge in [0.1, 0.15) is 6.17 Å². The Morgan fingerprint density at radius 1 is 1.43 bits per heavy atom. The molecular weight excluding hydrogens is 322 g/mol. The number of likely N-dealkylation sites (tertiary alicyclic amines) is 1. The minimum Gasteiger partial charge on any atom is -0.481 e. The molecule has 1 aromatic heterocycles. The highest BCUT2D eigenvalue weighted by molar-refractivity contribution is 5.80. The van der Waals surface area contributed by atoms with Gasteiger partial charge in [-0.15, -0.1) is 0 Å². The van der Waals surface area contributed by atoms with Crippen molar-refractivity contribution in [3.05, 3.63) is 17.5 Å². The van der Waals surface area contributed by atoms with E-state index >= 15 is 0 Å². The summed E-state index contributed by atoms with van der Waals surface area (Å²) in [7, 11) is 1.27. The first kappa shape index (κ1) is 17.2. The van der Waals surface area contributed by atoms with Crippen LogP contribution in [0.5, 0.6) is 0 Å². The summed E-state index contributed by atoms with van der Waals surface area (Å²) in [5.74, 6) is -1.78. The van der Waals surface area contributed by atoms with Crippen LogP contribution < -0.4 is 0 Å². The smallest absolute Gasteiger partial charge is 0.435 e. The fourth-order valence-corrected chi connectivity index (χ4v) is 2.63. The van der Waals surface area contributed by atoms with Crippen LogP contribution >= 0.6 is 0 Å². The Morgan fingerprint density at radius 2 is 2.09 bits per heavy atom. The molecule has 0 aromatic carbocycles. The second-order valence-electron chi connectivity index (χ2n) is 5.45. The number of hydrogen-bond donors (Lipinski definition) is 1. The molecule has 1 saturated heterocycles. The quantitative estimate of drug-likeness (QED) is 0.843. The standard InChI is InChI=1S/C13H15F4N3O3/c1-19-8(3-10(18-19)13(15,16)17)4-11(21)20-6-7(14)2-9(20)5-12(22)23/h3,7,9H,2,4-6H2,1H3,(H,22,23)/t7-,9-/m0/s1. The first-order chi connectivity index (χ1) is 10.6. The van der Waals surface area contributed by atoms with Gasteiger partial charge in [0.25, 0.3) is 0 Å². The average Bonchev–Trinajstić information content (AvgIpc) is 2.92. The Hall–Kier alpha value is -2.13. The van der Waals surface area contributed by atoms with E-state index < -0.39 is 48.8 Å². The average molecular weight is 337 g/mol. The van der Waals surface area contributed by atoms with Gasteiger partial charge in [0, 0.05) is 25.2 Å². The van der Waals surface area contributed by atoms with E-state index in [1.165, 1.54) is 7.05 Å². The van der Waals surface area contributed by atoms with Crippen molar-refractivity contribution in [1.29, 1.82) is 0 Å². The third-order valence-electron chi connectivity index (χ3n) is 3.69. The number of carboxylic acids is 1. The maximum Gasteiger partial charge on any atom is 0.435 e. The number of aryl methyl sites for hydroxylation is 1. The molecule has 1 N–H and O–H groups in total. The molecule has 128 valence electrons. The van der Waals surface area contributed by atoms with Crippen molar-refractivity contribution >= 4 is 11.9 Å². The van der Waals surface area contributed by atoms with Crippen LogP contribution in [0, 0.1) is 0 Å². The molecule has 0 aliphatic carbocycles. The summed E-state index contributed by atoms with van der Waals surface area (Å²) >= 11 is 0. The van der Waals surface area contributed by atoms with Crippen molar-refractivity contribution < 1.29 is 32.3 Å². The molecule has 1 aliphatic heterocycles. The molecule has 6 nitrogen and oxygen atoms in total. The summed E-state index contributed by atoms with van der Waals surface area (Å²) in [4.78, 5) is 24.0. The van der Waals surface area contributed by atoms with E-state index in [0.29, 0.717) is 0 Å². The van der Waals surface area contributed by atoms with E-state index in [1.54, 1.807) is 0 Å². The number of alkyl halides is 4. The molecule has 0 radical (unpaired) electrons. The number of carbonyl (C=O) groups excluding carboxylic acids is 1. The second kappa shape index (κ2) is 6.17. The molecule has 0 bridgehead atoms. The lowest BCUT2D eigenvalue weighted by molar-refractivity contribution is -0.142. The number of halogens is 4. The number of carbonyl (C=O) groups is 2. The largest absolute Gasteiger partial charge is 0.481 e. The fourth-order valence-electron chi connectivity index (χ4n) is 2.63. The molecule has 1 fully saturated rings. The van der Waals surface area contributed by atoms with Gasteiger partial charge in [-0.2, -0.15) is 18.3 Å². The SMILES string of the molecule is Cn1nc(C(F)(F)F)cc1CC(=O)N1C[C@@H](F)C[C@H]1CC(=O)O. The highest BCUT2D eigenvalue weighted by Gasteiger charge is 2.38. The molecular formula is C13H15F4N3O3. The predicted molar refractivity (Wildman–Crippen MR) is 69.2 cm³/mol. The summed E-state index contributed by atoms with van der Waals surface area (Å²) < 4.78 is 52.2. The molecule has 2 atom stereocenters. The fraction of sp³-hybridized carbons (Fsp3) is 0.615. The van der Waals surface area contributed by atoms with E-state index in [2.05, 4.69) is 5.10 Å². The molecule has 0 saturated carbocycles. The van der Waals surface area contributed by atoms with Crippen LogP contribution in [0.25, 0.3) is 0 Å². The van der Waals surface area contributed by atoms with Crippen molar-refractivity contribution in [2.45, 2.75) is 37.7 Å².